The molecule has 1 aromatic heterocycles. The average molecular weight is 246 g/mol. The van der Waals surface area contributed by atoms with E-state index in [9.17, 15) is 9.50 Å². The summed E-state index contributed by atoms with van der Waals surface area (Å²) in [5.74, 6) is -0.488. The van der Waals surface area contributed by atoms with Crippen LogP contribution in [-0.2, 0) is 0 Å². The molecule has 1 aromatic carbocycles. The molecular formula is C14H15FN2O. The molecular weight excluding hydrogens is 231 g/mol. The van der Waals surface area contributed by atoms with Gasteiger partial charge < -0.3 is 10.4 Å². The monoisotopic (exact) mass is 246 g/mol. The second-order valence-electron chi connectivity index (χ2n) is 4.21. The molecule has 3 nitrogen and oxygen atoms in total. The molecule has 0 fully saturated rings. The summed E-state index contributed by atoms with van der Waals surface area (Å²) in [6.45, 7) is 3.80. The number of aromatic nitrogens is 1. The van der Waals surface area contributed by atoms with Crippen LogP contribution < -0.4 is 5.32 Å². The maximum atomic E-state index is 12.9. The lowest BCUT2D eigenvalue weighted by molar-refractivity contribution is 0.459. The Hall–Kier alpha value is -2.10. The van der Waals surface area contributed by atoms with E-state index in [-0.39, 0.29) is 11.8 Å². The average Bonchev–Trinajstić information content (AvgIpc) is 2.32. The number of hydrogen-bond acceptors (Lipinski definition) is 3. The van der Waals surface area contributed by atoms with Gasteiger partial charge in [-0.25, -0.2) is 4.39 Å². The van der Waals surface area contributed by atoms with Crippen molar-refractivity contribution in [2.45, 2.75) is 19.9 Å². The maximum Gasteiger partial charge on any atom is 0.126 e. The van der Waals surface area contributed by atoms with Crippen molar-refractivity contribution in [1.29, 1.82) is 0 Å². The van der Waals surface area contributed by atoms with Crippen LogP contribution >= 0.6 is 0 Å². The quantitative estimate of drug-likeness (QED) is 0.872. The van der Waals surface area contributed by atoms with Gasteiger partial charge in [0.2, 0.25) is 0 Å². The number of halogens is 1. The molecule has 0 saturated heterocycles. The number of nitrogens with zero attached hydrogens (tertiary/aromatic N) is 1. The summed E-state index contributed by atoms with van der Waals surface area (Å²) in [5, 5.41) is 13.0. The number of anilines is 1. The Morgan fingerprint density at radius 2 is 2.11 bits per heavy atom. The SMILES string of the molecule is Cc1ncccc1NC(C)c1ccc(F)cc1O. The summed E-state index contributed by atoms with van der Waals surface area (Å²) < 4.78 is 12.9. The molecule has 1 unspecified atom stereocenters. The number of rotatable bonds is 3. The smallest absolute Gasteiger partial charge is 0.126 e. The van der Waals surface area contributed by atoms with Crippen molar-refractivity contribution >= 4 is 5.69 Å². The van der Waals surface area contributed by atoms with Gasteiger partial charge in [-0.05, 0) is 32.0 Å². The third-order valence-electron chi connectivity index (χ3n) is 2.84. The number of hydrogen-bond donors (Lipinski definition) is 2. The number of pyridine rings is 1. The van der Waals surface area contributed by atoms with Gasteiger partial charge in [-0.1, -0.05) is 6.07 Å². The Kier molecular flexibility index (Phi) is 3.46. The van der Waals surface area contributed by atoms with Crippen LogP contribution in [0.1, 0.15) is 24.2 Å². The Bertz CT molecular complexity index is 557. The molecule has 4 heteroatoms. The van der Waals surface area contributed by atoms with Gasteiger partial charge in [-0.2, -0.15) is 0 Å². The predicted octanol–water partition coefficient (Wildman–Crippen LogP) is 3.41. The first-order valence-corrected chi connectivity index (χ1v) is 5.74. The molecule has 2 N–H and O–H groups in total. The van der Waals surface area contributed by atoms with E-state index in [1.807, 2.05) is 26.0 Å². The fourth-order valence-corrected chi connectivity index (χ4v) is 1.83. The number of aromatic hydroxyl groups is 1. The Morgan fingerprint density at radius 3 is 2.78 bits per heavy atom. The standard InChI is InChI=1S/C14H15FN2O/c1-9(12-6-5-11(15)8-14(12)18)17-13-4-3-7-16-10(13)2/h3-9,17-18H,1-2H3. The van der Waals surface area contributed by atoms with Gasteiger partial charge >= 0.3 is 0 Å². The minimum atomic E-state index is -0.444. The van der Waals surface area contributed by atoms with E-state index < -0.39 is 5.82 Å². The van der Waals surface area contributed by atoms with E-state index in [0.29, 0.717) is 5.56 Å². The highest BCUT2D eigenvalue weighted by Crippen LogP contribution is 2.28. The first kappa shape index (κ1) is 12.4. The molecule has 0 aliphatic carbocycles. The molecule has 94 valence electrons. The van der Waals surface area contributed by atoms with Crippen molar-refractivity contribution < 1.29 is 9.50 Å². The van der Waals surface area contributed by atoms with Crippen molar-refractivity contribution in [1.82, 2.24) is 4.98 Å². The fraction of sp³-hybridized carbons (Fsp3) is 0.214. The molecule has 0 bridgehead atoms. The van der Waals surface area contributed by atoms with Gasteiger partial charge in [0.25, 0.3) is 0 Å². The van der Waals surface area contributed by atoms with Crippen LogP contribution in [0.25, 0.3) is 0 Å². The third-order valence-corrected chi connectivity index (χ3v) is 2.84. The second-order valence-corrected chi connectivity index (χ2v) is 4.21. The molecule has 0 amide bonds. The number of phenolic OH excluding ortho intramolecular Hbond substituents is 1. The van der Waals surface area contributed by atoms with Gasteiger partial charge in [0, 0.05) is 17.8 Å². The number of phenols is 1. The highest BCUT2D eigenvalue weighted by atomic mass is 19.1. The lowest BCUT2D eigenvalue weighted by Crippen LogP contribution is -2.08. The van der Waals surface area contributed by atoms with Crippen LogP contribution in [0.3, 0.4) is 0 Å². The van der Waals surface area contributed by atoms with E-state index in [2.05, 4.69) is 10.3 Å². The largest absolute Gasteiger partial charge is 0.507 e. The minimum Gasteiger partial charge on any atom is -0.507 e. The highest BCUT2D eigenvalue weighted by molar-refractivity contribution is 5.50. The zero-order valence-electron chi connectivity index (χ0n) is 10.3. The van der Waals surface area contributed by atoms with Gasteiger partial charge in [-0.15, -0.1) is 0 Å². The van der Waals surface area contributed by atoms with Crippen LogP contribution in [0, 0.1) is 12.7 Å². The zero-order chi connectivity index (χ0) is 13.1. The molecule has 18 heavy (non-hydrogen) atoms. The first-order valence-electron chi connectivity index (χ1n) is 5.74. The summed E-state index contributed by atoms with van der Waals surface area (Å²) in [5.41, 5.74) is 2.43. The van der Waals surface area contributed by atoms with Crippen molar-refractivity contribution in [3.8, 4) is 5.75 Å². The van der Waals surface area contributed by atoms with E-state index in [1.54, 1.807) is 12.3 Å². The van der Waals surface area contributed by atoms with Crippen molar-refractivity contribution in [2.24, 2.45) is 0 Å². The molecule has 0 aliphatic heterocycles. The van der Waals surface area contributed by atoms with Gasteiger partial charge in [0.15, 0.2) is 0 Å². The van der Waals surface area contributed by atoms with Crippen molar-refractivity contribution in [3.63, 3.8) is 0 Å². The van der Waals surface area contributed by atoms with E-state index in [4.69, 9.17) is 0 Å². The maximum absolute atomic E-state index is 12.9. The third kappa shape index (κ3) is 2.59. The summed E-state index contributed by atoms with van der Waals surface area (Å²) in [6.07, 6.45) is 1.72. The van der Waals surface area contributed by atoms with E-state index in [0.717, 1.165) is 17.4 Å². The second kappa shape index (κ2) is 5.04. The molecule has 2 rings (SSSR count). The van der Waals surface area contributed by atoms with Crippen LogP contribution in [-0.4, -0.2) is 10.1 Å². The van der Waals surface area contributed by atoms with Crippen LogP contribution in [0.4, 0.5) is 10.1 Å². The van der Waals surface area contributed by atoms with E-state index in [1.165, 1.54) is 6.07 Å². The normalized spacial score (nSPS) is 12.2. The highest BCUT2D eigenvalue weighted by Gasteiger charge is 2.11. The Labute approximate surface area is 105 Å². The van der Waals surface area contributed by atoms with Crippen molar-refractivity contribution in [3.05, 3.63) is 53.6 Å². The topological polar surface area (TPSA) is 45.2 Å². The number of aryl methyl sites for hydroxylation is 1. The van der Waals surface area contributed by atoms with Gasteiger partial charge in [0.1, 0.15) is 11.6 Å². The number of benzene rings is 1. The van der Waals surface area contributed by atoms with Crippen molar-refractivity contribution in [2.75, 3.05) is 5.32 Å². The zero-order valence-corrected chi connectivity index (χ0v) is 10.3. The predicted molar refractivity (Wildman–Crippen MR) is 69.1 cm³/mol. The molecule has 0 radical (unpaired) electrons. The summed E-state index contributed by atoms with van der Waals surface area (Å²) >= 11 is 0. The minimum absolute atomic E-state index is 0.0449. The fourth-order valence-electron chi connectivity index (χ4n) is 1.83. The first-order chi connectivity index (χ1) is 8.58. The van der Waals surface area contributed by atoms with Crippen LogP contribution in [0.2, 0.25) is 0 Å². The lowest BCUT2D eigenvalue weighted by atomic mass is 10.1. The van der Waals surface area contributed by atoms with Gasteiger partial charge in [-0.3, -0.25) is 4.98 Å². The molecule has 1 heterocycles. The molecule has 0 spiro atoms. The lowest BCUT2D eigenvalue weighted by Gasteiger charge is -2.17. The van der Waals surface area contributed by atoms with Gasteiger partial charge in [0.05, 0.1) is 17.4 Å². The molecule has 2 aromatic rings. The molecule has 0 saturated carbocycles. The van der Waals surface area contributed by atoms with E-state index >= 15 is 0 Å². The number of nitrogens with one attached hydrogen (secondary N) is 1. The molecule has 0 aliphatic rings. The Morgan fingerprint density at radius 1 is 1.33 bits per heavy atom. The summed E-state index contributed by atoms with van der Waals surface area (Å²) in [6, 6.07) is 7.65. The summed E-state index contributed by atoms with van der Waals surface area (Å²) in [4.78, 5) is 4.18. The summed E-state index contributed by atoms with van der Waals surface area (Å²) in [7, 11) is 0. The van der Waals surface area contributed by atoms with Crippen LogP contribution in [0.15, 0.2) is 36.5 Å². The van der Waals surface area contributed by atoms with Crippen LogP contribution in [0.5, 0.6) is 5.75 Å². The molecule has 1 atom stereocenters. The Balaban J connectivity index is 2.22.